The zero-order valence-electron chi connectivity index (χ0n) is 16.5. The summed E-state index contributed by atoms with van der Waals surface area (Å²) in [6.45, 7) is 0.207. The third-order valence-corrected chi connectivity index (χ3v) is 7.42. The number of carbonyl (C=O) groups is 4. The van der Waals surface area contributed by atoms with Gasteiger partial charge in [0.1, 0.15) is 17.1 Å². The first-order valence-corrected chi connectivity index (χ1v) is 11.4. The summed E-state index contributed by atoms with van der Waals surface area (Å²) in [4.78, 5) is 49.9. The topological polar surface area (TPSA) is 154 Å². The fraction of sp³-hybridized carbons (Fsp3) is 0.250. The lowest BCUT2D eigenvalue weighted by atomic mass is 10.0. The number of aliphatic hydroxyl groups is 1. The molecular formula is C20H19N4O6S2+. The van der Waals surface area contributed by atoms with E-state index in [9.17, 15) is 29.4 Å². The minimum atomic E-state index is -1.39. The fourth-order valence-electron chi connectivity index (χ4n) is 3.56. The van der Waals surface area contributed by atoms with Crippen molar-refractivity contribution in [3.63, 3.8) is 0 Å². The van der Waals surface area contributed by atoms with Crippen LogP contribution in [0.2, 0.25) is 0 Å². The third-order valence-electron chi connectivity index (χ3n) is 5.16. The highest BCUT2D eigenvalue weighted by Crippen LogP contribution is 2.40. The molecule has 166 valence electrons. The van der Waals surface area contributed by atoms with E-state index in [4.69, 9.17) is 5.73 Å². The second-order valence-electron chi connectivity index (χ2n) is 7.19. The summed E-state index contributed by atoms with van der Waals surface area (Å²) < 4.78 is 1.69. The second kappa shape index (κ2) is 8.73. The molecule has 1 fully saturated rings. The van der Waals surface area contributed by atoms with E-state index in [1.54, 1.807) is 34.5 Å². The zero-order chi connectivity index (χ0) is 23.0. The number of β-lactam (4-membered cyclic amide) rings is 1. The number of fused-ring (bicyclic) bond motifs is 1. The number of hydrogen-bond acceptors (Lipinski definition) is 7. The number of hydrogen-bond donors (Lipinski definition) is 4. The van der Waals surface area contributed by atoms with Crippen LogP contribution in [0.1, 0.15) is 21.3 Å². The van der Waals surface area contributed by atoms with Crippen LogP contribution in [0.5, 0.6) is 0 Å². The molecule has 4 rings (SSSR count). The van der Waals surface area contributed by atoms with Crippen LogP contribution in [-0.2, 0) is 20.9 Å². The number of amides is 3. The molecule has 2 aliphatic heterocycles. The van der Waals surface area contributed by atoms with E-state index in [0.717, 1.165) is 0 Å². The largest absolute Gasteiger partial charge is 0.477 e. The van der Waals surface area contributed by atoms with Crippen LogP contribution < -0.4 is 15.6 Å². The van der Waals surface area contributed by atoms with Gasteiger partial charge in [-0.15, -0.1) is 23.1 Å². The molecule has 10 nitrogen and oxygen atoms in total. The number of thioether (sulfide) groups is 1. The molecule has 2 aromatic rings. The van der Waals surface area contributed by atoms with Crippen molar-refractivity contribution in [1.29, 1.82) is 0 Å². The van der Waals surface area contributed by atoms with Gasteiger partial charge in [0.2, 0.25) is 5.91 Å². The highest BCUT2D eigenvalue weighted by atomic mass is 32.2. The molecule has 1 saturated heterocycles. The lowest BCUT2D eigenvalue weighted by Gasteiger charge is -2.49. The van der Waals surface area contributed by atoms with Crippen molar-refractivity contribution >= 4 is 46.8 Å². The quantitative estimate of drug-likeness (QED) is 0.314. The van der Waals surface area contributed by atoms with Gasteiger partial charge in [-0.3, -0.25) is 19.3 Å². The van der Waals surface area contributed by atoms with Crippen LogP contribution in [-0.4, -0.2) is 56.0 Å². The van der Waals surface area contributed by atoms with Crippen molar-refractivity contribution < 1.29 is 34.0 Å². The first kappa shape index (κ1) is 22.0. The molecule has 3 atom stereocenters. The van der Waals surface area contributed by atoms with Gasteiger partial charge in [0.05, 0.1) is 5.56 Å². The summed E-state index contributed by atoms with van der Waals surface area (Å²) in [5.41, 5.74) is 5.96. The molecule has 0 radical (unpaired) electrons. The smallest absolute Gasteiger partial charge is 0.352 e. The summed E-state index contributed by atoms with van der Waals surface area (Å²) in [7, 11) is 0. The molecule has 2 aliphatic rings. The molecule has 0 aromatic carbocycles. The Bertz CT molecular complexity index is 1120. The monoisotopic (exact) mass is 475 g/mol. The predicted octanol–water partition coefficient (Wildman–Crippen LogP) is -0.393. The Kier molecular flexibility index (Phi) is 6.00. The maximum Gasteiger partial charge on any atom is 0.352 e. The normalized spacial score (nSPS) is 20.9. The summed E-state index contributed by atoms with van der Waals surface area (Å²) in [5, 5.41) is 23.6. The number of aliphatic hydroxyl groups excluding tert-OH is 1. The third kappa shape index (κ3) is 3.99. The number of carbonyl (C=O) groups excluding carboxylic acids is 3. The average Bonchev–Trinajstić information content (AvgIpc) is 3.31. The van der Waals surface area contributed by atoms with Crippen molar-refractivity contribution in [2.45, 2.75) is 24.1 Å². The van der Waals surface area contributed by atoms with Gasteiger partial charge in [0.25, 0.3) is 11.8 Å². The van der Waals surface area contributed by atoms with E-state index in [-0.39, 0.29) is 12.2 Å². The van der Waals surface area contributed by atoms with Gasteiger partial charge in [-0.05, 0) is 11.4 Å². The average molecular weight is 476 g/mol. The Hall–Kier alpha value is -3.22. The van der Waals surface area contributed by atoms with Crippen molar-refractivity contribution in [3.8, 4) is 0 Å². The Balaban J connectivity index is 1.50. The minimum Gasteiger partial charge on any atom is -0.477 e. The van der Waals surface area contributed by atoms with Crippen molar-refractivity contribution in [1.82, 2.24) is 10.2 Å². The van der Waals surface area contributed by atoms with Gasteiger partial charge in [-0.25, -0.2) is 9.36 Å². The summed E-state index contributed by atoms with van der Waals surface area (Å²) in [6, 6.07) is 5.46. The van der Waals surface area contributed by atoms with Crippen LogP contribution in [0.3, 0.4) is 0 Å². The number of aliphatic carboxylic acids is 1. The number of carboxylic acid groups (broad SMARTS) is 1. The van der Waals surface area contributed by atoms with Crippen LogP contribution in [0.15, 0.2) is 53.3 Å². The standard InChI is InChI=1S/C20H18N4O6S2/c21-16(26)10-3-5-23(6-4-10)8-11-9-32-19-13(18(28)24(19)14(11)20(29)30)22-17(27)15(25)12-2-1-7-31-12/h1-7,13,15,19,25H,8-9H2,(H3-,21,22,26,27,29,30)/p+1/t13-,15+,19-/m1/s1. The molecule has 3 amide bonds. The van der Waals surface area contributed by atoms with Gasteiger partial charge in [0, 0.05) is 28.3 Å². The Labute approximate surface area is 190 Å². The first-order valence-electron chi connectivity index (χ1n) is 9.48. The second-order valence-corrected chi connectivity index (χ2v) is 9.28. The van der Waals surface area contributed by atoms with Crippen molar-refractivity contribution in [3.05, 3.63) is 63.7 Å². The minimum absolute atomic E-state index is 0.116. The van der Waals surface area contributed by atoms with E-state index in [0.29, 0.717) is 21.8 Å². The molecule has 0 aliphatic carbocycles. The van der Waals surface area contributed by atoms with E-state index in [2.05, 4.69) is 5.32 Å². The molecule has 2 aromatic heterocycles. The molecular weight excluding hydrogens is 456 g/mol. The number of aromatic nitrogens is 1. The maximum absolute atomic E-state index is 12.7. The van der Waals surface area contributed by atoms with Gasteiger partial charge >= 0.3 is 5.97 Å². The van der Waals surface area contributed by atoms with Crippen molar-refractivity contribution in [2.75, 3.05) is 5.75 Å². The van der Waals surface area contributed by atoms with Crippen LogP contribution in [0.4, 0.5) is 0 Å². The molecule has 4 heterocycles. The van der Waals surface area contributed by atoms with Gasteiger partial charge in [-0.2, -0.15) is 0 Å². The van der Waals surface area contributed by atoms with Crippen LogP contribution in [0, 0.1) is 0 Å². The summed E-state index contributed by atoms with van der Waals surface area (Å²) >= 11 is 2.55. The Morgan fingerprint density at radius 3 is 2.59 bits per heavy atom. The lowest BCUT2D eigenvalue weighted by molar-refractivity contribution is -0.689. The fourth-order valence-corrected chi connectivity index (χ4v) is 5.60. The van der Waals surface area contributed by atoms with E-state index in [1.165, 1.54) is 40.1 Å². The number of primary amides is 1. The van der Waals surface area contributed by atoms with E-state index < -0.39 is 41.2 Å². The molecule has 0 bridgehead atoms. The summed E-state index contributed by atoms with van der Waals surface area (Å²) in [5.74, 6) is -2.72. The Morgan fingerprint density at radius 2 is 2.00 bits per heavy atom. The Morgan fingerprint density at radius 1 is 1.28 bits per heavy atom. The molecule has 12 heteroatoms. The molecule has 0 unspecified atom stereocenters. The molecule has 5 N–H and O–H groups in total. The SMILES string of the molecule is NC(=O)c1cc[n+](CC2=C(C(=O)O)N3C(=O)[C@@H](NC(=O)[C@@H](O)c4cccs4)[C@H]3SC2)cc1. The molecule has 32 heavy (non-hydrogen) atoms. The molecule has 0 saturated carbocycles. The summed E-state index contributed by atoms with van der Waals surface area (Å²) in [6.07, 6.45) is 1.82. The number of thiophene rings is 1. The van der Waals surface area contributed by atoms with Crippen LogP contribution in [0.25, 0.3) is 0 Å². The first-order chi connectivity index (χ1) is 15.3. The van der Waals surface area contributed by atoms with E-state index in [1.807, 2.05) is 0 Å². The number of carboxylic acids is 1. The number of rotatable bonds is 7. The lowest BCUT2D eigenvalue weighted by Crippen LogP contribution is -2.71. The number of nitrogens with two attached hydrogens (primary N) is 1. The van der Waals surface area contributed by atoms with Crippen LogP contribution >= 0.6 is 23.1 Å². The van der Waals surface area contributed by atoms with Gasteiger partial charge in [0.15, 0.2) is 25.0 Å². The number of pyridine rings is 1. The highest BCUT2D eigenvalue weighted by molar-refractivity contribution is 8.00. The number of nitrogens with one attached hydrogen (secondary N) is 1. The highest BCUT2D eigenvalue weighted by Gasteiger charge is 2.54. The molecule has 0 spiro atoms. The zero-order valence-corrected chi connectivity index (χ0v) is 18.1. The van der Waals surface area contributed by atoms with Gasteiger partial charge < -0.3 is 21.3 Å². The van der Waals surface area contributed by atoms with Crippen molar-refractivity contribution in [2.24, 2.45) is 5.73 Å². The van der Waals surface area contributed by atoms with E-state index >= 15 is 0 Å². The number of nitrogens with zero attached hydrogens (tertiary/aromatic N) is 2. The predicted molar refractivity (Wildman–Crippen MR) is 114 cm³/mol. The maximum atomic E-state index is 12.7. The van der Waals surface area contributed by atoms with Gasteiger partial charge in [-0.1, -0.05) is 6.07 Å².